The number of amides is 1. The molecule has 6 rings (SSSR count). The van der Waals surface area contributed by atoms with Gasteiger partial charge < -0.3 is 15.5 Å². The minimum absolute atomic E-state index is 0.0208. The Morgan fingerprint density at radius 2 is 1.45 bits per heavy atom. The molecular formula is C32H33N5O. The summed E-state index contributed by atoms with van der Waals surface area (Å²) in [6.45, 7) is 0.704. The van der Waals surface area contributed by atoms with Crippen molar-refractivity contribution in [2.75, 3.05) is 30.9 Å². The summed E-state index contributed by atoms with van der Waals surface area (Å²) in [6.07, 6.45) is 5.98. The lowest BCUT2D eigenvalue weighted by Gasteiger charge is -2.29. The molecule has 2 aliphatic carbocycles. The Bertz CT molecular complexity index is 1470. The van der Waals surface area contributed by atoms with Gasteiger partial charge in [0.25, 0.3) is 0 Å². The first-order chi connectivity index (χ1) is 18.6. The summed E-state index contributed by atoms with van der Waals surface area (Å²) in [5, 5.41) is 7.81. The maximum atomic E-state index is 12.9. The molecule has 0 radical (unpaired) electrons. The molecule has 0 bridgehead atoms. The quantitative estimate of drug-likeness (QED) is 0.283. The van der Waals surface area contributed by atoms with Gasteiger partial charge in [-0.2, -0.15) is 4.98 Å². The fraction of sp³-hybridized carbons (Fsp3) is 0.281. The van der Waals surface area contributed by atoms with Gasteiger partial charge in [-0.05, 0) is 71.6 Å². The maximum absolute atomic E-state index is 12.9. The van der Waals surface area contributed by atoms with Crippen molar-refractivity contribution < 1.29 is 4.79 Å². The zero-order valence-electron chi connectivity index (χ0n) is 21.9. The molecular weight excluding hydrogens is 470 g/mol. The van der Waals surface area contributed by atoms with Crippen LogP contribution in [0.5, 0.6) is 0 Å². The molecule has 1 saturated carbocycles. The molecule has 6 heteroatoms. The van der Waals surface area contributed by atoms with E-state index in [1.54, 1.807) is 6.08 Å². The highest BCUT2D eigenvalue weighted by Gasteiger charge is 2.25. The lowest BCUT2D eigenvalue weighted by molar-refractivity contribution is -0.116. The number of benzene rings is 3. The zero-order chi connectivity index (χ0) is 26.1. The number of nitrogens with one attached hydrogen (secondary N) is 2. The van der Waals surface area contributed by atoms with Gasteiger partial charge in [0, 0.05) is 38.1 Å². The molecule has 0 unspecified atom stereocenters. The number of hydrogen-bond donors (Lipinski definition) is 2. The highest BCUT2D eigenvalue weighted by atomic mass is 16.1. The van der Waals surface area contributed by atoms with Crippen LogP contribution in [0.2, 0.25) is 0 Å². The Morgan fingerprint density at radius 3 is 2.11 bits per heavy atom. The van der Waals surface area contributed by atoms with Crippen molar-refractivity contribution >= 4 is 34.1 Å². The Balaban J connectivity index is 1.06. The van der Waals surface area contributed by atoms with E-state index >= 15 is 0 Å². The van der Waals surface area contributed by atoms with Crippen LogP contribution in [0.25, 0.3) is 27.6 Å². The second-order valence-electron chi connectivity index (χ2n) is 10.5. The molecule has 0 saturated heterocycles. The number of anilines is 2. The topological polar surface area (TPSA) is 70.2 Å². The summed E-state index contributed by atoms with van der Waals surface area (Å²) in [5.74, 6) is 2.07. The highest BCUT2D eigenvalue weighted by molar-refractivity contribution is 6.08. The Labute approximate surface area is 223 Å². The van der Waals surface area contributed by atoms with Crippen LogP contribution < -0.4 is 15.5 Å². The van der Waals surface area contributed by atoms with Gasteiger partial charge in [-0.25, -0.2) is 4.98 Å². The van der Waals surface area contributed by atoms with E-state index in [2.05, 4.69) is 53.1 Å². The minimum atomic E-state index is -0.0208. The van der Waals surface area contributed by atoms with Crippen LogP contribution >= 0.6 is 0 Å². The van der Waals surface area contributed by atoms with E-state index < -0.39 is 0 Å². The third kappa shape index (κ3) is 4.74. The number of fused-ring (bicyclic) bond motifs is 4. The number of carbonyl (C=O) groups is 1. The molecule has 6 nitrogen and oxygen atoms in total. The molecule has 0 aliphatic heterocycles. The Kier molecular flexibility index (Phi) is 6.54. The predicted octanol–water partition coefficient (Wildman–Crippen LogP) is 5.90. The monoisotopic (exact) mass is 503 g/mol. The smallest absolute Gasteiger partial charge is 0.244 e. The van der Waals surface area contributed by atoms with Gasteiger partial charge in [0.1, 0.15) is 5.82 Å². The average Bonchev–Trinajstić information content (AvgIpc) is 3.25. The van der Waals surface area contributed by atoms with E-state index in [4.69, 9.17) is 9.97 Å². The van der Waals surface area contributed by atoms with E-state index in [1.807, 2.05) is 49.3 Å². The maximum Gasteiger partial charge on any atom is 0.244 e. The first-order valence-corrected chi connectivity index (χ1v) is 13.5. The summed E-state index contributed by atoms with van der Waals surface area (Å²) < 4.78 is 0. The molecule has 1 heterocycles. The van der Waals surface area contributed by atoms with E-state index in [1.165, 1.54) is 11.1 Å². The number of aromatic nitrogens is 2. The molecule has 4 aromatic rings. The second kappa shape index (κ2) is 10.3. The molecule has 38 heavy (non-hydrogen) atoms. The van der Waals surface area contributed by atoms with Crippen molar-refractivity contribution in [2.24, 2.45) is 5.92 Å². The lowest BCUT2D eigenvalue weighted by Crippen LogP contribution is -2.33. The molecule has 192 valence electrons. The lowest BCUT2D eigenvalue weighted by atomic mass is 9.86. The molecule has 1 fully saturated rings. The van der Waals surface area contributed by atoms with Crippen LogP contribution in [0, 0.1) is 5.92 Å². The van der Waals surface area contributed by atoms with Crippen molar-refractivity contribution in [1.29, 1.82) is 0 Å². The summed E-state index contributed by atoms with van der Waals surface area (Å²) in [4.78, 5) is 24.5. The minimum Gasteiger partial charge on any atom is -0.362 e. The van der Waals surface area contributed by atoms with Crippen molar-refractivity contribution in [1.82, 2.24) is 15.3 Å². The first-order valence-electron chi connectivity index (χ1n) is 13.5. The standard InChI is InChI=1S/C32H33N5O/c1-37(2)31-27-13-7-8-14-29(27)35-32(36-31)34-22-17-15-21(16-18-22)20-33-30(38)19-28-25-11-5-3-9-23(25)24-10-4-6-12-26(24)28/h3-14,19,21-22H,15-18,20H2,1-2H3,(H,33,38)(H,34,35,36). The second-order valence-corrected chi connectivity index (χ2v) is 10.5. The summed E-state index contributed by atoms with van der Waals surface area (Å²) >= 11 is 0. The van der Waals surface area contributed by atoms with Crippen molar-refractivity contribution in [2.45, 2.75) is 31.7 Å². The molecule has 1 amide bonds. The van der Waals surface area contributed by atoms with Crippen LogP contribution in [0.15, 0.2) is 78.9 Å². The summed E-state index contributed by atoms with van der Waals surface area (Å²) in [5.41, 5.74) is 6.61. The van der Waals surface area contributed by atoms with Gasteiger partial charge >= 0.3 is 0 Å². The van der Waals surface area contributed by atoms with Crippen molar-refractivity contribution in [3.05, 3.63) is 90.0 Å². The Hall–Kier alpha value is -4.19. The van der Waals surface area contributed by atoms with Crippen molar-refractivity contribution in [3.8, 4) is 11.1 Å². The van der Waals surface area contributed by atoms with E-state index in [0.29, 0.717) is 24.5 Å². The fourth-order valence-corrected chi connectivity index (χ4v) is 5.79. The Morgan fingerprint density at radius 1 is 0.842 bits per heavy atom. The average molecular weight is 504 g/mol. The van der Waals surface area contributed by atoms with Crippen LogP contribution in [0.1, 0.15) is 36.8 Å². The third-order valence-electron chi connectivity index (χ3n) is 7.75. The van der Waals surface area contributed by atoms with E-state index in [9.17, 15) is 4.79 Å². The summed E-state index contributed by atoms with van der Waals surface area (Å²) in [7, 11) is 4.02. The zero-order valence-corrected chi connectivity index (χ0v) is 21.9. The molecule has 2 aliphatic rings. The number of para-hydroxylation sites is 1. The third-order valence-corrected chi connectivity index (χ3v) is 7.75. The number of nitrogens with zero attached hydrogens (tertiary/aromatic N) is 3. The molecule has 3 aromatic carbocycles. The van der Waals surface area contributed by atoms with Crippen LogP contribution in [0.3, 0.4) is 0 Å². The first kappa shape index (κ1) is 24.2. The van der Waals surface area contributed by atoms with Gasteiger partial charge in [0.15, 0.2) is 0 Å². The van der Waals surface area contributed by atoms with Gasteiger partial charge in [0.2, 0.25) is 11.9 Å². The molecule has 0 atom stereocenters. The van der Waals surface area contributed by atoms with E-state index in [0.717, 1.165) is 59.1 Å². The van der Waals surface area contributed by atoms with Gasteiger partial charge in [-0.15, -0.1) is 0 Å². The van der Waals surface area contributed by atoms with Crippen LogP contribution in [-0.4, -0.2) is 42.6 Å². The molecule has 0 spiro atoms. The number of hydrogen-bond acceptors (Lipinski definition) is 5. The van der Waals surface area contributed by atoms with Gasteiger partial charge in [-0.3, -0.25) is 4.79 Å². The van der Waals surface area contributed by atoms with Crippen LogP contribution in [-0.2, 0) is 4.79 Å². The number of rotatable bonds is 6. The SMILES string of the molecule is CN(C)c1nc(NC2CCC(CNC(=O)C=C3c4ccccc4-c4ccccc43)CC2)nc2ccccc12. The van der Waals surface area contributed by atoms with Crippen molar-refractivity contribution in [3.63, 3.8) is 0 Å². The molecule has 2 N–H and O–H groups in total. The van der Waals surface area contributed by atoms with E-state index in [-0.39, 0.29) is 5.91 Å². The molecule has 1 aromatic heterocycles. The van der Waals surface area contributed by atoms with Gasteiger partial charge in [0.05, 0.1) is 5.52 Å². The normalized spacial score (nSPS) is 18.0. The van der Waals surface area contributed by atoms with Crippen LogP contribution in [0.4, 0.5) is 11.8 Å². The number of carbonyl (C=O) groups excluding carboxylic acids is 1. The fourth-order valence-electron chi connectivity index (χ4n) is 5.79. The highest BCUT2D eigenvalue weighted by Crippen LogP contribution is 2.43. The van der Waals surface area contributed by atoms with Gasteiger partial charge in [-0.1, -0.05) is 60.7 Å². The largest absolute Gasteiger partial charge is 0.362 e. The summed E-state index contributed by atoms with van der Waals surface area (Å²) in [6, 6.07) is 25.1. The predicted molar refractivity (Wildman–Crippen MR) is 155 cm³/mol.